The number of guanidine groups is 1. The highest BCUT2D eigenvalue weighted by molar-refractivity contribution is 7.13. The minimum atomic E-state index is 0.572. The number of ether oxygens (including phenoxy) is 1. The quantitative estimate of drug-likeness (QED) is 0.376. The van der Waals surface area contributed by atoms with Crippen molar-refractivity contribution in [3.8, 4) is 10.6 Å². The highest BCUT2D eigenvalue weighted by atomic mass is 32.1. The Kier molecular flexibility index (Phi) is 9.14. The van der Waals surface area contributed by atoms with E-state index in [-0.39, 0.29) is 0 Å². The van der Waals surface area contributed by atoms with Gasteiger partial charge >= 0.3 is 0 Å². The Balaban J connectivity index is 1.80. The number of thiazole rings is 1. The van der Waals surface area contributed by atoms with Crippen LogP contribution in [0.15, 0.2) is 40.7 Å². The van der Waals surface area contributed by atoms with E-state index in [1.165, 1.54) is 0 Å². The average Bonchev–Trinajstić information content (AvgIpc) is 3.12. The Morgan fingerprint density at radius 3 is 2.77 bits per heavy atom. The van der Waals surface area contributed by atoms with E-state index in [1.54, 1.807) is 11.3 Å². The molecule has 0 aliphatic rings. The summed E-state index contributed by atoms with van der Waals surface area (Å²) in [5.41, 5.74) is 2.14. The first-order valence-corrected chi connectivity index (χ1v) is 10.2. The number of hydrogen-bond donors (Lipinski definition) is 2. The molecule has 2 aromatic rings. The fraction of sp³-hybridized carbons (Fsp3) is 0.500. The lowest BCUT2D eigenvalue weighted by Crippen LogP contribution is -2.38. The smallest absolute Gasteiger partial charge is 0.191 e. The fourth-order valence-electron chi connectivity index (χ4n) is 2.29. The standard InChI is InChI=1S/C20H30N4OS/c1-4-21-20(22-11-8-12-25-14-16(2)3)23-13-18-15-26-19(24-18)17-9-6-5-7-10-17/h5-7,9-10,15-16H,4,8,11-14H2,1-3H3,(H2,21,22,23). The number of nitrogens with one attached hydrogen (secondary N) is 2. The molecule has 5 nitrogen and oxygen atoms in total. The van der Waals surface area contributed by atoms with Gasteiger partial charge in [-0.05, 0) is 19.3 Å². The largest absolute Gasteiger partial charge is 0.381 e. The van der Waals surface area contributed by atoms with E-state index < -0.39 is 0 Å². The molecule has 0 aliphatic carbocycles. The van der Waals surface area contributed by atoms with Crippen LogP contribution in [-0.4, -0.2) is 37.2 Å². The first-order chi connectivity index (χ1) is 12.7. The lowest BCUT2D eigenvalue weighted by molar-refractivity contribution is 0.108. The van der Waals surface area contributed by atoms with Crippen molar-refractivity contribution in [3.63, 3.8) is 0 Å². The van der Waals surface area contributed by atoms with Gasteiger partial charge in [0, 0.05) is 37.2 Å². The molecule has 0 fully saturated rings. The number of nitrogens with zero attached hydrogens (tertiary/aromatic N) is 2. The molecule has 1 heterocycles. The summed E-state index contributed by atoms with van der Waals surface area (Å²) in [6, 6.07) is 10.3. The molecular weight excluding hydrogens is 344 g/mol. The molecule has 0 bridgehead atoms. The van der Waals surface area contributed by atoms with Crippen molar-refractivity contribution in [2.75, 3.05) is 26.3 Å². The SMILES string of the molecule is CCNC(=NCc1csc(-c2ccccc2)n1)NCCCOCC(C)C. The minimum absolute atomic E-state index is 0.572. The lowest BCUT2D eigenvalue weighted by Gasteiger charge is -2.11. The summed E-state index contributed by atoms with van der Waals surface area (Å²) in [7, 11) is 0. The van der Waals surface area contributed by atoms with Crippen molar-refractivity contribution in [3.05, 3.63) is 41.4 Å². The van der Waals surface area contributed by atoms with Gasteiger partial charge in [-0.2, -0.15) is 0 Å². The van der Waals surface area contributed by atoms with Crippen LogP contribution in [0.3, 0.4) is 0 Å². The van der Waals surface area contributed by atoms with Gasteiger partial charge in [0.15, 0.2) is 5.96 Å². The van der Waals surface area contributed by atoms with E-state index in [0.717, 1.165) is 54.9 Å². The number of aliphatic imine (C=N–C) groups is 1. The van der Waals surface area contributed by atoms with E-state index in [9.17, 15) is 0 Å². The van der Waals surface area contributed by atoms with Crippen LogP contribution in [0.1, 0.15) is 32.9 Å². The Morgan fingerprint density at radius 1 is 1.23 bits per heavy atom. The summed E-state index contributed by atoms with van der Waals surface area (Å²) < 4.78 is 5.60. The monoisotopic (exact) mass is 374 g/mol. The molecule has 1 aromatic carbocycles. The van der Waals surface area contributed by atoms with Crippen LogP contribution < -0.4 is 10.6 Å². The average molecular weight is 375 g/mol. The Bertz CT molecular complexity index is 655. The molecule has 142 valence electrons. The lowest BCUT2D eigenvalue weighted by atomic mass is 10.2. The molecule has 0 saturated carbocycles. The molecule has 0 radical (unpaired) electrons. The van der Waals surface area contributed by atoms with Crippen LogP contribution in [0.25, 0.3) is 10.6 Å². The predicted octanol–water partition coefficient (Wildman–Crippen LogP) is 3.93. The molecule has 0 atom stereocenters. The first kappa shape index (κ1) is 20.4. The van der Waals surface area contributed by atoms with Gasteiger partial charge in [-0.15, -0.1) is 11.3 Å². The molecule has 0 amide bonds. The summed E-state index contributed by atoms with van der Waals surface area (Å²) in [5.74, 6) is 1.41. The summed E-state index contributed by atoms with van der Waals surface area (Å²) in [4.78, 5) is 9.32. The fourth-order valence-corrected chi connectivity index (χ4v) is 3.11. The minimum Gasteiger partial charge on any atom is -0.381 e. The van der Waals surface area contributed by atoms with Crippen LogP contribution in [0, 0.1) is 5.92 Å². The molecule has 0 spiro atoms. The second kappa shape index (κ2) is 11.6. The third kappa shape index (κ3) is 7.54. The first-order valence-electron chi connectivity index (χ1n) is 9.28. The molecule has 0 aliphatic heterocycles. The number of aromatic nitrogens is 1. The molecule has 2 rings (SSSR count). The predicted molar refractivity (Wildman–Crippen MR) is 111 cm³/mol. The zero-order chi connectivity index (χ0) is 18.6. The number of hydrogen-bond acceptors (Lipinski definition) is 4. The van der Waals surface area contributed by atoms with E-state index in [1.807, 2.05) is 18.2 Å². The van der Waals surface area contributed by atoms with Crippen molar-refractivity contribution in [1.29, 1.82) is 0 Å². The summed E-state index contributed by atoms with van der Waals surface area (Å²) in [5, 5.41) is 9.74. The van der Waals surface area contributed by atoms with Crippen molar-refractivity contribution in [2.24, 2.45) is 10.9 Å². The van der Waals surface area contributed by atoms with Gasteiger partial charge in [0.2, 0.25) is 0 Å². The van der Waals surface area contributed by atoms with Crippen LogP contribution in [0.4, 0.5) is 0 Å². The topological polar surface area (TPSA) is 58.5 Å². The van der Waals surface area contributed by atoms with E-state index in [2.05, 4.69) is 58.9 Å². The van der Waals surface area contributed by atoms with Gasteiger partial charge in [-0.1, -0.05) is 44.2 Å². The summed E-state index contributed by atoms with van der Waals surface area (Å²) >= 11 is 1.66. The van der Waals surface area contributed by atoms with Crippen LogP contribution in [-0.2, 0) is 11.3 Å². The van der Waals surface area contributed by atoms with Gasteiger partial charge < -0.3 is 15.4 Å². The maximum Gasteiger partial charge on any atom is 0.191 e. The molecular formula is C20H30N4OS. The van der Waals surface area contributed by atoms with Crippen LogP contribution >= 0.6 is 11.3 Å². The zero-order valence-corrected chi connectivity index (χ0v) is 16.8. The highest BCUT2D eigenvalue weighted by Gasteiger charge is 2.04. The normalized spacial score (nSPS) is 11.8. The van der Waals surface area contributed by atoms with Crippen molar-refractivity contribution >= 4 is 17.3 Å². The van der Waals surface area contributed by atoms with E-state index >= 15 is 0 Å². The van der Waals surface area contributed by atoms with E-state index in [0.29, 0.717) is 12.5 Å². The van der Waals surface area contributed by atoms with Gasteiger partial charge in [0.1, 0.15) is 5.01 Å². The van der Waals surface area contributed by atoms with Crippen molar-refractivity contribution in [2.45, 2.75) is 33.7 Å². The molecule has 26 heavy (non-hydrogen) atoms. The summed E-state index contributed by atoms with van der Waals surface area (Å²) in [6.07, 6.45) is 0.964. The highest BCUT2D eigenvalue weighted by Crippen LogP contribution is 2.23. The maximum atomic E-state index is 5.60. The second-order valence-corrected chi connectivity index (χ2v) is 7.31. The molecule has 6 heteroatoms. The Hall–Kier alpha value is -1.92. The molecule has 0 unspecified atom stereocenters. The van der Waals surface area contributed by atoms with E-state index in [4.69, 9.17) is 4.74 Å². The van der Waals surface area contributed by atoms with Crippen molar-refractivity contribution < 1.29 is 4.74 Å². The third-order valence-electron chi connectivity index (χ3n) is 3.52. The van der Waals surface area contributed by atoms with Crippen molar-refractivity contribution in [1.82, 2.24) is 15.6 Å². The zero-order valence-electron chi connectivity index (χ0n) is 16.0. The third-order valence-corrected chi connectivity index (χ3v) is 4.47. The van der Waals surface area contributed by atoms with Gasteiger partial charge in [-0.3, -0.25) is 0 Å². The Morgan fingerprint density at radius 2 is 2.04 bits per heavy atom. The number of rotatable bonds is 10. The van der Waals surface area contributed by atoms with Gasteiger partial charge in [0.05, 0.1) is 12.2 Å². The van der Waals surface area contributed by atoms with Gasteiger partial charge in [0.25, 0.3) is 0 Å². The summed E-state index contributed by atoms with van der Waals surface area (Å²) in [6.45, 7) is 10.2. The molecule has 2 N–H and O–H groups in total. The Labute approximate surface area is 160 Å². The maximum absolute atomic E-state index is 5.60. The second-order valence-electron chi connectivity index (χ2n) is 6.45. The van der Waals surface area contributed by atoms with Crippen LogP contribution in [0.5, 0.6) is 0 Å². The van der Waals surface area contributed by atoms with Crippen LogP contribution in [0.2, 0.25) is 0 Å². The molecule has 1 aromatic heterocycles. The van der Waals surface area contributed by atoms with Gasteiger partial charge in [-0.25, -0.2) is 9.98 Å². The number of benzene rings is 1. The molecule has 0 saturated heterocycles.